The molecule has 0 aliphatic heterocycles. The van der Waals surface area contributed by atoms with E-state index in [0.717, 1.165) is 5.56 Å². The van der Waals surface area contributed by atoms with Crippen LogP contribution in [0.25, 0.3) is 0 Å². The fraction of sp³-hybridized carbons (Fsp3) is 0.364. The Kier molecular flexibility index (Phi) is 3.80. The van der Waals surface area contributed by atoms with Crippen LogP contribution >= 0.6 is 15.9 Å². The van der Waals surface area contributed by atoms with Crippen molar-refractivity contribution in [3.63, 3.8) is 0 Å². The molecule has 5 heteroatoms. The summed E-state index contributed by atoms with van der Waals surface area (Å²) in [6.45, 7) is 3.33. The average molecular weight is 289 g/mol. The molecule has 0 aliphatic carbocycles. The number of phenolic OH excluding ortho intramolecular Hbond substituents is 1. The fourth-order valence-electron chi connectivity index (χ4n) is 1.59. The van der Waals surface area contributed by atoms with Gasteiger partial charge in [0.15, 0.2) is 11.5 Å². The molecule has 1 atom stereocenters. The molecule has 0 fully saturated rings. The first kappa shape index (κ1) is 12.8. The number of hydrogen-bond acceptors (Lipinski definition) is 3. The molecule has 0 saturated carbocycles. The number of carboxylic acids is 1. The zero-order valence-electron chi connectivity index (χ0n) is 9.24. The molecule has 1 rings (SSSR count). The molecule has 0 saturated heterocycles. The maximum Gasteiger partial charge on any atom is 0.310 e. The number of halogens is 1. The zero-order chi connectivity index (χ0) is 12.5. The number of carboxylic acid groups (broad SMARTS) is 1. The molecule has 88 valence electrons. The Morgan fingerprint density at radius 1 is 1.56 bits per heavy atom. The van der Waals surface area contributed by atoms with Crippen LogP contribution in [-0.4, -0.2) is 23.3 Å². The Morgan fingerprint density at radius 3 is 2.56 bits per heavy atom. The van der Waals surface area contributed by atoms with Crippen LogP contribution in [0.15, 0.2) is 10.5 Å². The monoisotopic (exact) mass is 288 g/mol. The summed E-state index contributed by atoms with van der Waals surface area (Å²) < 4.78 is 5.71. The fourth-order valence-corrected chi connectivity index (χ4v) is 2.02. The van der Waals surface area contributed by atoms with E-state index in [-0.39, 0.29) is 11.5 Å². The Balaban J connectivity index is 3.50. The minimum atomic E-state index is -0.959. The number of carbonyl (C=O) groups is 1. The first-order valence-electron chi connectivity index (χ1n) is 4.68. The number of rotatable bonds is 3. The minimum absolute atomic E-state index is 0.0666. The lowest BCUT2D eigenvalue weighted by Gasteiger charge is -2.17. The number of methoxy groups -OCH3 is 1. The van der Waals surface area contributed by atoms with Gasteiger partial charge in [0.2, 0.25) is 0 Å². The van der Waals surface area contributed by atoms with Gasteiger partial charge in [-0.05, 0) is 25.5 Å². The standard InChI is InChI=1S/C11H13BrO4/c1-5-7(12)4-8(13)10(16-3)9(5)6(2)11(14)15/h4,6,13H,1-3H3,(H,14,15). The topological polar surface area (TPSA) is 66.8 Å². The maximum absolute atomic E-state index is 11.0. The van der Waals surface area contributed by atoms with E-state index < -0.39 is 11.9 Å². The van der Waals surface area contributed by atoms with E-state index in [2.05, 4.69) is 15.9 Å². The van der Waals surface area contributed by atoms with Gasteiger partial charge < -0.3 is 14.9 Å². The van der Waals surface area contributed by atoms with Crippen LogP contribution < -0.4 is 4.74 Å². The summed E-state index contributed by atoms with van der Waals surface area (Å²) in [5.41, 5.74) is 1.24. The predicted molar refractivity (Wildman–Crippen MR) is 63.1 cm³/mol. The first-order chi connectivity index (χ1) is 7.40. The molecule has 0 amide bonds. The van der Waals surface area contributed by atoms with Crippen LogP contribution in [0.2, 0.25) is 0 Å². The van der Waals surface area contributed by atoms with Gasteiger partial charge in [0.1, 0.15) is 0 Å². The molecule has 1 unspecified atom stereocenters. The third-order valence-electron chi connectivity index (χ3n) is 2.51. The number of phenols is 1. The van der Waals surface area contributed by atoms with Gasteiger partial charge >= 0.3 is 5.97 Å². The largest absolute Gasteiger partial charge is 0.504 e. The Morgan fingerprint density at radius 2 is 2.12 bits per heavy atom. The van der Waals surface area contributed by atoms with Gasteiger partial charge in [-0.25, -0.2) is 0 Å². The predicted octanol–water partition coefficient (Wildman–Crippen LogP) is 2.66. The highest BCUT2D eigenvalue weighted by atomic mass is 79.9. The van der Waals surface area contributed by atoms with E-state index in [0.29, 0.717) is 10.0 Å². The van der Waals surface area contributed by atoms with E-state index in [1.807, 2.05) is 0 Å². The van der Waals surface area contributed by atoms with E-state index in [1.165, 1.54) is 13.2 Å². The average Bonchev–Trinajstić information content (AvgIpc) is 2.21. The SMILES string of the molecule is COc1c(O)cc(Br)c(C)c1C(C)C(=O)O. The minimum Gasteiger partial charge on any atom is -0.504 e. The smallest absolute Gasteiger partial charge is 0.310 e. The second-order valence-corrected chi connectivity index (χ2v) is 4.36. The van der Waals surface area contributed by atoms with Crippen molar-refractivity contribution in [3.8, 4) is 11.5 Å². The molecular weight excluding hydrogens is 276 g/mol. The van der Waals surface area contributed by atoms with Crippen molar-refractivity contribution in [2.45, 2.75) is 19.8 Å². The van der Waals surface area contributed by atoms with Gasteiger partial charge in [0.05, 0.1) is 13.0 Å². The summed E-state index contributed by atoms with van der Waals surface area (Å²) in [6.07, 6.45) is 0. The van der Waals surface area contributed by atoms with Crippen molar-refractivity contribution in [2.24, 2.45) is 0 Å². The molecule has 1 aromatic rings. The van der Waals surface area contributed by atoms with Crippen molar-refractivity contribution in [2.75, 3.05) is 7.11 Å². The van der Waals surface area contributed by atoms with Crippen LogP contribution in [0, 0.1) is 6.92 Å². The van der Waals surface area contributed by atoms with Gasteiger partial charge in [-0.2, -0.15) is 0 Å². The normalized spacial score (nSPS) is 12.2. The van der Waals surface area contributed by atoms with Crippen LogP contribution in [-0.2, 0) is 4.79 Å². The number of hydrogen-bond donors (Lipinski definition) is 2. The highest BCUT2D eigenvalue weighted by molar-refractivity contribution is 9.10. The van der Waals surface area contributed by atoms with Crippen molar-refractivity contribution < 1.29 is 19.7 Å². The highest BCUT2D eigenvalue weighted by Gasteiger charge is 2.24. The molecule has 2 N–H and O–H groups in total. The van der Waals surface area contributed by atoms with Crippen molar-refractivity contribution in [3.05, 3.63) is 21.7 Å². The number of aromatic hydroxyl groups is 1. The Bertz CT molecular complexity index is 428. The molecule has 16 heavy (non-hydrogen) atoms. The molecule has 1 aromatic carbocycles. The second-order valence-electron chi connectivity index (χ2n) is 3.51. The Labute approximate surface area is 102 Å². The molecule has 0 heterocycles. The second kappa shape index (κ2) is 4.74. The van der Waals surface area contributed by atoms with Gasteiger partial charge in [-0.3, -0.25) is 4.79 Å². The molecular formula is C11H13BrO4. The van der Waals surface area contributed by atoms with Gasteiger partial charge in [-0.15, -0.1) is 0 Å². The summed E-state index contributed by atoms with van der Waals surface area (Å²) in [4.78, 5) is 11.0. The van der Waals surface area contributed by atoms with Crippen molar-refractivity contribution in [1.82, 2.24) is 0 Å². The number of aliphatic carboxylic acids is 1. The van der Waals surface area contributed by atoms with E-state index in [1.54, 1.807) is 13.8 Å². The lowest BCUT2D eigenvalue weighted by molar-refractivity contribution is -0.138. The third kappa shape index (κ3) is 2.14. The summed E-state index contributed by atoms with van der Waals surface area (Å²) in [7, 11) is 1.40. The van der Waals surface area contributed by atoms with E-state index in [9.17, 15) is 9.90 Å². The number of ether oxygens (including phenoxy) is 1. The van der Waals surface area contributed by atoms with Gasteiger partial charge in [-0.1, -0.05) is 15.9 Å². The van der Waals surface area contributed by atoms with Crippen molar-refractivity contribution in [1.29, 1.82) is 0 Å². The summed E-state index contributed by atoms with van der Waals surface area (Å²) in [5, 5.41) is 18.7. The van der Waals surface area contributed by atoms with Gasteiger partial charge in [0.25, 0.3) is 0 Å². The van der Waals surface area contributed by atoms with Crippen LogP contribution in [0.1, 0.15) is 24.0 Å². The maximum atomic E-state index is 11.0. The molecule has 0 aromatic heterocycles. The molecule has 0 bridgehead atoms. The van der Waals surface area contributed by atoms with E-state index >= 15 is 0 Å². The summed E-state index contributed by atoms with van der Waals surface area (Å²) in [6, 6.07) is 1.49. The zero-order valence-corrected chi connectivity index (χ0v) is 10.8. The number of benzene rings is 1. The van der Waals surface area contributed by atoms with Crippen LogP contribution in [0.3, 0.4) is 0 Å². The quantitative estimate of drug-likeness (QED) is 0.897. The van der Waals surface area contributed by atoms with Crippen LogP contribution in [0.4, 0.5) is 0 Å². The van der Waals surface area contributed by atoms with Crippen molar-refractivity contribution >= 4 is 21.9 Å². The Hall–Kier alpha value is -1.23. The molecule has 0 radical (unpaired) electrons. The van der Waals surface area contributed by atoms with Crippen LogP contribution in [0.5, 0.6) is 11.5 Å². The first-order valence-corrected chi connectivity index (χ1v) is 5.48. The highest BCUT2D eigenvalue weighted by Crippen LogP contribution is 2.41. The van der Waals surface area contributed by atoms with Gasteiger partial charge in [0, 0.05) is 10.0 Å². The summed E-state index contributed by atoms with van der Waals surface area (Å²) in [5.74, 6) is -1.55. The molecule has 0 spiro atoms. The molecule has 4 nitrogen and oxygen atoms in total. The lowest BCUT2D eigenvalue weighted by Crippen LogP contribution is -2.11. The lowest BCUT2D eigenvalue weighted by atomic mass is 9.95. The molecule has 0 aliphatic rings. The third-order valence-corrected chi connectivity index (χ3v) is 3.33. The van der Waals surface area contributed by atoms with E-state index in [4.69, 9.17) is 9.84 Å². The summed E-state index contributed by atoms with van der Waals surface area (Å²) >= 11 is 3.27.